The molecule has 0 unspecified atom stereocenters. The van der Waals surface area contributed by atoms with Gasteiger partial charge in [0.1, 0.15) is 5.82 Å². The molecule has 2 atom stereocenters. The highest BCUT2D eigenvalue weighted by molar-refractivity contribution is 5.79. The molecular formula is C23H31FN2O2. The Morgan fingerprint density at radius 2 is 1.93 bits per heavy atom. The summed E-state index contributed by atoms with van der Waals surface area (Å²) in [5.74, 6) is 1.18. The zero-order valence-electron chi connectivity index (χ0n) is 16.6. The van der Waals surface area contributed by atoms with Crippen LogP contribution in [0.2, 0.25) is 0 Å². The van der Waals surface area contributed by atoms with E-state index in [9.17, 15) is 14.0 Å². The van der Waals surface area contributed by atoms with E-state index in [1.54, 1.807) is 6.07 Å². The van der Waals surface area contributed by atoms with E-state index < -0.39 is 0 Å². The molecule has 4 rings (SSSR count). The quantitative estimate of drug-likeness (QED) is 0.763. The Morgan fingerprint density at radius 1 is 1.11 bits per heavy atom. The van der Waals surface area contributed by atoms with Crippen LogP contribution in [0.15, 0.2) is 24.3 Å². The summed E-state index contributed by atoms with van der Waals surface area (Å²) >= 11 is 0. The summed E-state index contributed by atoms with van der Waals surface area (Å²) < 4.78 is 13.6. The second-order valence-electron chi connectivity index (χ2n) is 8.86. The number of nitrogens with zero attached hydrogens (tertiary/aromatic N) is 2. The summed E-state index contributed by atoms with van der Waals surface area (Å²) in [5, 5.41) is 0. The number of hydrogen-bond donors (Lipinski definition) is 0. The maximum atomic E-state index is 13.6. The zero-order valence-corrected chi connectivity index (χ0v) is 16.6. The molecular weight excluding hydrogens is 355 g/mol. The predicted octanol–water partition coefficient (Wildman–Crippen LogP) is 4.14. The SMILES string of the molecule is O=C(CCC1CCCC1)N1C[C@H]2CCCC(=O)N(Cc3cccc(F)c3)[C@H]2C1. The lowest BCUT2D eigenvalue weighted by Crippen LogP contribution is -2.43. The number of benzene rings is 1. The molecule has 4 nitrogen and oxygen atoms in total. The fourth-order valence-electron chi connectivity index (χ4n) is 5.36. The first kappa shape index (κ1) is 19.4. The van der Waals surface area contributed by atoms with Crippen molar-refractivity contribution in [1.29, 1.82) is 0 Å². The van der Waals surface area contributed by atoms with Crippen molar-refractivity contribution in [3.63, 3.8) is 0 Å². The van der Waals surface area contributed by atoms with Crippen LogP contribution in [-0.2, 0) is 16.1 Å². The number of fused-ring (bicyclic) bond motifs is 1. The number of rotatable bonds is 5. The highest BCUT2D eigenvalue weighted by Crippen LogP contribution is 2.33. The minimum atomic E-state index is -0.272. The van der Waals surface area contributed by atoms with E-state index in [4.69, 9.17) is 0 Å². The van der Waals surface area contributed by atoms with Gasteiger partial charge < -0.3 is 9.80 Å². The number of amides is 2. The molecule has 2 saturated heterocycles. The van der Waals surface area contributed by atoms with Crippen LogP contribution in [0.1, 0.15) is 63.4 Å². The van der Waals surface area contributed by atoms with Gasteiger partial charge in [0.05, 0.1) is 6.04 Å². The summed E-state index contributed by atoms with van der Waals surface area (Å²) in [5.41, 5.74) is 0.819. The molecule has 0 spiro atoms. The third kappa shape index (κ3) is 4.39. The molecule has 0 bridgehead atoms. The lowest BCUT2D eigenvalue weighted by atomic mass is 9.98. The van der Waals surface area contributed by atoms with Crippen molar-refractivity contribution in [2.45, 2.75) is 70.4 Å². The van der Waals surface area contributed by atoms with Crippen molar-refractivity contribution >= 4 is 11.8 Å². The summed E-state index contributed by atoms with van der Waals surface area (Å²) in [4.78, 5) is 29.4. The molecule has 152 valence electrons. The number of carbonyl (C=O) groups is 2. The van der Waals surface area contributed by atoms with E-state index in [0.29, 0.717) is 31.8 Å². The van der Waals surface area contributed by atoms with E-state index in [1.807, 2.05) is 15.9 Å². The number of hydrogen-bond acceptors (Lipinski definition) is 2. The van der Waals surface area contributed by atoms with Crippen molar-refractivity contribution in [2.24, 2.45) is 11.8 Å². The van der Waals surface area contributed by atoms with Gasteiger partial charge in [-0.1, -0.05) is 37.8 Å². The Hall–Kier alpha value is -1.91. The normalized spacial score (nSPS) is 25.8. The topological polar surface area (TPSA) is 40.6 Å². The Balaban J connectivity index is 1.41. The van der Waals surface area contributed by atoms with Crippen LogP contribution in [0.5, 0.6) is 0 Å². The van der Waals surface area contributed by atoms with Crippen LogP contribution in [0.3, 0.4) is 0 Å². The van der Waals surface area contributed by atoms with Crippen LogP contribution in [0.25, 0.3) is 0 Å². The molecule has 1 aliphatic carbocycles. The fourth-order valence-corrected chi connectivity index (χ4v) is 5.36. The largest absolute Gasteiger partial charge is 0.340 e. The standard InChI is InChI=1S/C23H31FN2O2/c24-20-9-3-7-18(13-20)14-26-21-16-25(15-19(21)8-4-10-23(26)28)22(27)12-11-17-5-1-2-6-17/h3,7,9,13,17,19,21H,1-2,4-6,8,10-12,14-16H2/t19-,21+/m1/s1. The first-order chi connectivity index (χ1) is 13.6. The number of likely N-dealkylation sites (tertiary alicyclic amines) is 2. The van der Waals surface area contributed by atoms with Gasteiger partial charge in [-0.25, -0.2) is 4.39 Å². The average molecular weight is 387 g/mol. The minimum Gasteiger partial charge on any atom is -0.340 e. The molecule has 0 aromatic heterocycles. The summed E-state index contributed by atoms with van der Waals surface area (Å²) in [6.45, 7) is 1.83. The van der Waals surface area contributed by atoms with Gasteiger partial charge in [0.25, 0.3) is 0 Å². The number of halogens is 1. The van der Waals surface area contributed by atoms with Crippen LogP contribution in [0.4, 0.5) is 4.39 Å². The van der Waals surface area contributed by atoms with E-state index >= 15 is 0 Å². The fraction of sp³-hybridized carbons (Fsp3) is 0.652. The van der Waals surface area contributed by atoms with Gasteiger partial charge in [0.2, 0.25) is 11.8 Å². The maximum absolute atomic E-state index is 13.6. The molecule has 0 N–H and O–H groups in total. The lowest BCUT2D eigenvalue weighted by molar-refractivity contribution is -0.135. The first-order valence-corrected chi connectivity index (χ1v) is 10.9. The summed E-state index contributed by atoms with van der Waals surface area (Å²) in [6.07, 6.45) is 9.24. The van der Waals surface area contributed by atoms with Gasteiger partial charge >= 0.3 is 0 Å². The highest BCUT2D eigenvalue weighted by Gasteiger charge is 2.41. The van der Waals surface area contributed by atoms with Crippen molar-refractivity contribution < 1.29 is 14.0 Å². The van der Waals surface area contributed by atoms with Crippen LogP contribution in [-0.4, -0.2) is 40.7 Å². The van der Waals surface area contributed by atoms with Gasteiger partial charge in [-0.15, -0.1) is 0 Å². The molecule has 3 aliphatic rings. The monoisotopic (exact) mass is 386 g/mol. The van der Waals surface area contributed by atoms with Crippen molar-refractivity contribution in [1.82, 2.24) is 9.80 Å². The van der Waals surface area contributed by atoms with Gasteiger partial charge in [0, 0.05) is 32.5 Å². The summed E-state index contributed by atoms with van der Waals surface area (Å²) in [6, 6.07) is 6.56. The van der Waals surface area contributed by atoms with Crippen LogP contribution >= 0.6 is 0 Å². The molecule has 0 radical (unpaired) electrons. The second kappa shape index (κ2) is 8.62. The van der Waals surface area contributed by atoms with Crippen molar-refractivity contribution in [2.75, 3.05) is 13.1 Å². The summed E-state index contributed by atoms with van der Waals surface area (Å²) in [7, 11) is 0. The predicted molar refractivity (Wildman–Crippen MR) is 106 cm³/mol. The zero-order chi connectivity index (χ0) is 19.5. The Bertz CT molecular complexity index is 716. The second-order valence-corrected chi connectivity index (χ2v) is 8.86. The van der Waals surface area contributed by atoms with Crippen LogP contribution < -0.4 is 0 Å². The van der Waals surface area contributed by atoms with Gasteiger partial charge in [0.15, 0.2) is 0 Å². The van der Waals surface area contributed by atoms with Crippen molar-refractivity contribution in [3.05, 3.63) is 35.6 Å². The third-order valence-corrected chi connectivity index (χ3v) is 6.93. The molecule has 1 aromatic carbocycles. The molecule has 1 saturated carbocycles. The molecule has 5 heteroatoms. The molecule has 2 aliphatic heterocycles. The molecule has 1 aromatic rings. The lowest BCUT2D eigenvalue weighted by Gasteiger charge is -2.30. The van der Waals surface area contributed by atoms with E-state index in [-0.39, 0.29) is 23.7 Å². The smallest absolute Gasteiger partial charge is 0.223 e. The highest BCUT2D eigenvalue weighted by atomic mass is 19.1. The Labute approximate surface area is 167 Å². The molecule has 3 fully saturated rings. The van der Waals surface area contributed by atoms with Crippen LogP contribution in [0, 0.1) is 17.7 Å². The van der Waals surface area contributed by atoms with E-state index in [0.717, 1.165) is 37.3 Å². The van der Waals surface area contributed by atoms with E-state index in [2.05, 4.69) is 0 Å². The molecule has 28 heavy (non-hydrogen) atoms. The van der Waals surface area contributed by atoms with Gasteiger partial charge in [-0.05, 0) is 48.8 Å². The van der Waals surface area contributed by atoms with Gasteiger partial charge in [-0.2, -0.15) is 0 Å². The van der Waals surface area contributed by atoms with Crippen molar-refractivity contribution in [3.8, 4) is 0 Å². The van der Waals surface area contributed by atoms with E-state index in [1.165, 1.54) is 37.8 Å². The Kier molecular flexibility index (Phi) is 5.98. The average Bonchev–Trinajstić information content (AvgIpc) is 3.32. The Morgan fingerprint density at radius 3 is 2.71 bits per heavy atom. The first-order valence-electron chi connectivity index (χ1n) is 10.9. The minimum absolute atomic E-state index is 0.0636. The molecule has 2 heterocycles. The van der Waals surface area contributed by atoms with Gasteiger partial charge in [-0.3, -0.25) is 9.59 Å². The molecule has 2 amide bonds. The maximum Gasteiger partial charge on any atom is 0.223 e. The third-order valence-electron chi connectivity index (χ3n) is 6.93. The number of carbonyl (C=O) groups excluding carboxylic acids is 2.